The first-order valence-corrected chi connectivity index (χ1v) is 11.8. The maximum absolute atomic E-state index is 12.3. The van der Waals surface area contributed by atoms with Gasteiger partial charge in [-0.15, -0.1) is 11.3 Å². The van der Waals surface area contributed by atoms with Crippen molar-refractivity contribution < 1.29 is 29.3 Å². The number of aliphatic hydroxyl groups is 2. The molecular formula is C25H26N2O6S. The van der Waals surface area contributed by atoms with E-state index in [0.29, 0.717) is 5.69 Å². The molecule has 1 aromatic heterocycles. The van der Waals surface area contributed by atoms with Crippen molar-refractivity contribution in [3.05, 3.63) is 75.2 Å². The number of hydrogen-bond donors (Lipinski definition) is 3. The van der Waals surface area contributed by atoms with E-state index in [4.69, 9.17) is 9.47 Å². The molecule has 1 aliphatic rings. The minimum absolute atomic E-state index is 0.0757. The van der Waals surface area contributed by atoms with Crippen LogP contribution in [0.4, 0.5) is 4.79 Å². The van der Waals surface area contributed by atoms with Gasteiger partial charge in [-0.1, -0.05) is 48.5 Å². The van der Waals surface area contributed by atoms with Gasteiger partial charge in [-0.25, -0.2) is 14.6 Å². The third kappa shape index (κ3) is 4.82. The molecule has 0 radical (unpaired) electrons. The molecule has 1 aliphatic carbocycles. The average molecular weight is 483 g/mol. The van der Waals surface area contributed by atoms with Crippen LogP contribution in [0.15, 0.2) is 48.5 Å². The van der Waals surface area contributed by atoms with Gasteiger partial charge in [0.05, 0.1) is 12.3 Å². The maximum atomic E-state index is 12.3. The monoisotopic (exact) mass is 482 g/mol. The highest BCUT2D eigenvalue weighted by Crippen LogP contribution is 2.44. The summed E-state index contributed by atoms with van der Waals surface area (Å²) in [4.78, 5) is 28.7. The Balaban J connectivity index is 1.32. The fraction of sp³-hybridized carbons (Fsp3) is 0.320. The molecule has 2 aromatic carbocycles. The minimum atomic E-state index is -1.37. The van der Waals surface area contributed by atoms with E-state index in [0.717, 1.165) is 33.6 Å². The number of ether oxygens (including phenoxy) is 2. The fourth-order valence-corrected chi connectivity index (χ4v) is 5.05. The highest BCUT2D eigenvalue weighted by Gasteiger charge is 2.30. The molecule has 2 atom stereocenters. The topological polar surface area (TPSA) is 118 Å². The molecule has 4 rings (SSSR count). The number of carbonyl (C=O) groups is 2. The number of rotatable bonds is 8. The van der Waals surface area contributed by atoms with Crippen LogP contribution in [-0.2, 0) is 9.47 Å². The molecule has 34 heavy (non-hydrogen) atoms. The van der Waals surface area contributed by atoms with Crippen LogP contribution >= 0.6 is 11.3 Å². The smallest absolute Gasteiger partial charge is 0.407 e. The van der Waals surface area contributed by atoms with Crippen molar-refractivity contribution in [1.29, 1.82) is 0 Å². The van der Waals surface area contributed by atoms with Gasteiger partial charge in [-0.05, 0) is 36.1 Å². The Morgan fingerprint density at radius 2 is 1.68 bits per heavy atom. The Hall–Kier alpha value is -3.27. The van der Waals surface area contributed by atoms with Gasteiger partial charge in [0.1, 0.15) is 28.7 Å². The summed E-state index contributed by atoms with van der Waals surface area (Å²) in [6, 6.07) is 16.1. The predicted molar refractivity (Wildman–Crippen MR) is 127 cm³/mol. The third-order valence-electron chi connectivity index (χ3n) is 5.69. The minimum Gasteiger partial charge on any atom is -0.462 e. The van der Waals surface area contributed by atoms with Crippen molar-refractivity contribution >= 4 is 23.4 Å². The number of fused-ring (bicyclic) bond motifs is 3. The summed E-state index contributed by atoms with van der Waals surface area (Å²) in [6.07, 6.45) is -3.41. The highest BCUT2D eigenvalue weighted by atomic mass is 32.1. The van der Waals surface area contributed by atoms with Gasteiger partial charge in [0.15, 0.2) is 0 Å². The molecule has 3 aromatic rings. The third-order valence-corrected chi connectivity index (χ3v) is 6.90. The summed E-state index contributed by atoms with van der Waals surface area (Å²) in [5.41, 5.74) is 4.87. The molecule has 9 heteroatoms. The van der Waals surface area contributed by atoms with Crippen molar-refractivity contribution in [2.75, 3.05) is 19.8 Å². The second kappa shape index (κ2) is 10.3. The molecule has 0 fully saturated rings. The number of thiazole rings is 1. The van der Waals surface area contributed by atoms with E-state index < -0.39 is 24.3 Å². The fourth-order valence-electron chi connectivity index (χ4n) is 4.04. The summed E-state index contributed by atoms with van der Waals surface area (Å²) in [7, 11) is 0. The van der Waals surface area contributed by atoms with Crippen molar-refractivity contribution in [3.63, 3.8) is 0 Å². The summed E-state index contributed by atoms with van der Waals surface area (Å²) in [6.45, 7) is 3.45. The Morgan fingerprint density at radius 3 is 2.29 bits per heavy atom. The van der Waals surface area contributed by atoms with E-state index in [-0.39, 0.29) is 35.6 Å². The van der Waals surface area contributed by atoms with E-state index in [1.807, 2.05) is 36.4 Å². The average Bonchev–Trinajstić information content (AvgIpc) is 3.39. The number of esters is 1. The van der Waals surface area contributed by atoms with Crippen LogP contribution in [0, 0.1) is 6.92 Å². The van der Waals surface area contributed by atoms with Gasteiger partial charge in [0.2, 0.25) is 0 Å². The summed E-state index contributed by atoms with van der Waals surface area (Å²) in [5.74, 6) is -0.601. The normalized spacial score (nSPS) is 14.1. The van der Waals surface area contributed by atoms with Gasteiger partial charge in [0.25, 0.3) is 0 Å². The highest BCUT2D eigenvalue weighted by molar-refractivity contribution is 7.13. The molecule has 1 amide bonds. The van der Waals surface area contributed by atoms with Crippen LogP contribution < -0.4 is 5.32 Å². The maximum Gasteiger partial charge on any atom is 0.407 e. The number of amides is 1. The van der Waals surface area contributed by atoms with Crippen molar-refractivity contribution in [3.8, 4) is 11.1 Å². The van der Waals surface area contributed by atoms with Crippen LogP contribution in [0.5, 0.6) is 0 Å². The largest absolute Gasteiger partial charge is 0.462 e. The molecule has 0 aliphatic heterocycles. The molecule has 2 unspecified atom stereocenters. The van der Waals surface area contributed by atoms with Crippen LogP contribution in [-0.4, -0.2) is 53.1 Å². The first-order valence-electron chi connectivity index (χ1n) is 11.0. The Labute approximate surface area is 201 Å². The van der Waals surface area contributed by atoms with Crippen molar-refractivity contribution in [2.45, 2.75) is 32.0 Å². The zero-order valence-corrected chi connectivity index (χ0v) is 19.7. The Kier molecular flexibility index (Phi) is 7.26. The quantitative estimate of drug-likeness (QED) is 0.420. The lowest BCUT2D eigenvalue weighted by atomic mass is 9.98. The van der Waals surface area contributed by atoms with Crippen molar-refractivity contribution in [1.82, 2.24) is 10.3 Å². The Morgan fingerprint density at radius 1 is 1.06 bits per heavy atom. The van der Waals surface area contributed by atoms with Crippen LogP contribution in [0.25, 0.3) is 11.1 Å². The standard InChI is InChI=1S/C25H26N2O6S/c1-3-32-24(30)22-14(2)27-23(34-22)21(29)20(28)12-26-25(31)33-13-19-17-10-6-4-8-15(17)16-9-5-7-11-18(16)19/h4-11,19-21,28-29H,3,12-13H2,1-2H3,(H,26,31). The molecule has 0 spiro atoms. The first-order chi connectivity index (χ1) is 16.4. The van der Waals surface area contributed by atoms with Crippen molar-refractivity contribution in [2.24, 2.45) is 0 Å². The summed E-state index contributed by atoms with van der Waals surface area (Å²) in [5, 5.41) is 23.4. The molecule has 3 N–H and O–H groups in total. The van der Waals surface area contributed by atoms with E-state index in [2.05, 4.69) is 22.4 Å². The second-order valence-electron chi connectivity index (χ2n) is 7.91. The lowest BCUT2D eigenvalue weighted by Gasteiger charge is -2.18. The molecular weight excluding hydrogens is 456 g/mol. The van der Waals surface area contributed by atoms with Crippen LogP contribution in [0.2, 0.25) is 0 Å². The number of benzene rings is 2. The van der Waals surface area contributed by atoms with Gasteiger partial charge in [0, 0.05) is 12.5 Å². The van der Waals surface area contributed by atoms with Crippen LogP contribution in [0.1, 0.15) is 50.4 Å². The van der Waals surface area contributed by atoms with Gasteiger partial charge >= 0.3 is 12.1 Å². The number of aromatic nitrogens is 1. The number of carbonyl (C=O) groups excluding carboxylic acids is 2. The number of hydrogen-bond acceptors (Lipinski definition) is 8. The second-order valence-corrected chi connectivity index (χ2v) is 8.94. The zero-order chi connectivity index (χ0) is 24.2. The van der Waals surface area contributed by atoms with Crippen LogP contribution in [0.3, 0.4) is 0 Å². The van der Waals surface area contributed by atoms with Gasteiger partial charge < -0.3 is 25.0 Å². The molecule has 0 saturated carbocycles. The Bertz CT molecular complexity index is 1150. The number of aliphatic hydroxyl groups excluding tert-OH is 2. The molecule has 178 valence electrons. The number of aryl methyl sites for hydroxylation is 1. The lowest BCUT2D eigenvalue weighted by molar-refractivity contribution is 0.0184. The number of nitrogens with one attached hydrogen (secondary N) is 1. The number of alkyl carbamates (subject to hydrolysis) is 1. The molecule has 1 heterocycles. The lowest BCUT2D eigenvalue weighted by Crippen LogP contribution is -2.36. The van der Waals surface area contributed by atoms with Gasteiger partial charge in [-0.2, -0.15) is 0 Å². The summed E-state index contributed by atoms with van der Waals surface area (Å²) >= 11 is 0.953. The summed E-state index contributed by atoms with van der Waals surface area (Å²) < 4.78 is 10.4. The number of nitrogens with zero attached hydrogens (tertiary/aromatic N) is 1. The molecule has 8 nitrogen and oxygen atoms in total. The first kappa shape index (κ1) is 23.9. The zero-order valence-electron chi connectivity index (χ0n) is 18.9. The van der Waals surface area contributed by atoms with E-state index in [1.165, 1.54) is 0 Å². The molecule has 0 saturated heterocycles. The van der Waals surface area contributed by atoms with E-state index in [1.54, 1.807) is 13.8 Å². The predicted octanol–water partition coefficient (Wildman–Crippen LogP) is 3.56. The molecule has 0 bridgehead atoms. The SMILES string of the molecule is CCOC(=O)c1sc(C(O)C(O)CNC(=O)OCC2c3ccccc3-c3ccccc32)nc1C. The van der Waals surface area contributed by atoms with E-state index in [9.17, 15) is 19.8 Å². The van der Waals surface area contributed by atoms with Gasteiger partial charge in [-0.3, -0.25) is 0 Å². The van der Waals surface area contributed by atoms with E-state index >= 15 is 0 Å².